The van der Waals surface area contributed by atoms with Gasteiger partial charge in [-0.3, -0.25) is 9.80 Å². The van der Waals surface area contributed by atoms with E-state index in [-0.39, 0.29) is 5.60 Å². The Labute approximate surface area is 187 Å². The third-order valence-electron chi connectivity index (χ3n) is 8.11. The van der Waals surface area contributed by atoms with Crippen molar-refractivity contribution in [3.8, 4) is 0 Å². The Bertz CT molecular complexity index is 654. The molecule has 4 bridgehead atoms. The molecule has 5 nitrogen and oxygen atoms in total. The third-order valence-corrected chi connectivity index (χ3v) is 8.11. The second-order valence-corrected chi connectivity index (χ2v) is 10.7. The second kappa shape index (κ2) is 9.88. The number of rotatable bonds is 10. The molecule has 5 fully saturated rings. The summed E-state index contributed by atoms with van der Waals surface area (Å²) in [5.74, 6) is 2.76. The zero-order chi connectivity index (χ0) is 21.1. The highest BCUT2D eigenvalue weighted by Crippen LogP contribution is 2.57. The summed E-state index contributed by atoms with van der Waals surface area (Å²) in [5, 5.41) is 10.4. The van der Waals surface area contributed by atoms with Crippen LogP contribution in [0.25, 0.3) is 0 Å². The SMILES string of the molecule is O[C@H](COCCOC12CC3CC(CC(C3)C1)C2)CN1CCN(Cc2ccccc2)CC1. The van der Waals surface area contributed by atoms with Crippen LogP contribution in [-0.4, -0.2) is 79.2 Å². The van der Waals surface area contributed by atoms with E-state index < -0.39 is 6.10 Å². The maximum absolute atomic E-state index is 10.4. The smallest absolute Gasteiger partial charge is 0.0900 e. The lowest BCUT2D eigenvalue weighted by Gasteiger charge is -2.56. The van der Waals surface area contributed by atoms with E-state index in [1.807, 2.05) is 0 Å². The zero-order valence-corrected chi connectivity index (χ0v) is 19.0. The fourth-order valence-corrected chi connectivity index (χ4v) is 7.07. The van der Waals surface area contributed by atoms with Crippen LogP contribution in [0.2, 0.25) is 0 Å². The number of ether oxygens (including phenoxy) is 2. The van der Waals surface area contributed by atoms with Gasteiger partial charge in [0.05, 0.1) is 31.5 Å². The monoisotopic (exact) mass is 428 g/mol. The van der Waals surface area contributed by atoms with E-state index >= 15 is 0 Å². The van der Waals surface area contributed by atoms with E-state index in [0.29, 0.717) is 26.4 Å². The predicted octanol–water partition coefficient (Wildman–Crippen LogP) is 3.17. The highest BCUT2D eigenvalue weighted by Gasteiger charge is 2.51. The first kappa shape index (κ1) is 21.8. The maximum atomic E-state index is 10.4. The normalized spacial score (nSPS) is 34.3. The molecule has 1 heterocycles. The molecule has 0 spiro atoms. The molecule has 31 heavy (non-hydrogen) atoms. The van der Waals surface area contributed by atoms with Gasteiger partial charge in [0.15, 0.2) is 0 Å². The van der Waals surface area contributed by atoms with Gasteiger partial charge in [0, 0.05) is 39.3 Å². The lowest BCUT2D eigenvalue weighted by Crippen LogP contribution is -2.52. The van der Waals surface area contributed by atoms with Gasteiger partial charge in [-0.1, -0.05) is 30.3 Å². The summed E-state index contributed by atoms with van der Waals surface area (Å²) in [6.07, 6.45) is 7.76. The molecule has 1 aromatic carbocycles. The van der Waals surface area contributed by atoms with Crippen LogP contribution in [0, 0.1) is 17.8 Å². The standard InChI is InChI=1S/C26H40N2O3/c29-25(19-28-8-6-27(7-9-28)18-21-4-2-1-3-5-21)20-30-10-11-31-26-15-22-12-23(16-26)14-24(13-22)17-26/h1-5,22-25,29H,6-20H2/t22?,23?,24?,25-,26?/m0/s1. The molecule has 1 N–H and O–H groups in total. The fourth-order valence-electron chi connectivity index (χ4n) is 7.07. The number of aliphatic hydroxyl groups excluding tert-OH is 1. The first-order valence-corrected chi connectivity index (χ1v) is 12.5. The molecule has 1 atom stereocenters. The molecular formula is C26H40N2O3. The van der Waals surface area contributed by atoms with E-state index in [1.54, 1.807) is 0 Å². The van der Waals surface area contributed by atoms with Crippen LogP contribution in [0.15, 0.2) is 30.3 Å². The van der Waals surface area contributed by atoms with Gasteiger partial charge in [-0.15, -0.1) is 0 Å². The lowest BCUT2D eigenvalue weighted by molar-refractivity contribution is -0.170. The summed E-state index contributed by atoms with van der Waals surface area (Å²) in [4.78, 5) is 4.86. The summed E-state index contributed by atoms with van der Waals surface area (Å²) < 4.78 is 12.2. The number of piperazine rings is 1. The van der Waals surface area contributed by atoms with Gasteiger partial charge in [0.25, 0.3) is 0 Å². The Hall–Kier alpha value is -0.980. The van der Waals surface area contributed by atoms with Crippen molar-refractivity contribution in [1.82, 2.24) is 9.80 Å². The van der Waals surface area contributed by atoms with E-state index in [9.17, 15) is 5.11 Å². The van der Waals surface area contributed by atoms with Crippen LogP contribution in [0.4, 0.5) is 0 Å². The summed E-state index contributed by atoms with van der Waals surface area (Å²) in [7, 11) is 0. The van der Waals surface area contributed by atoms with E-state index in [4.69, 9.17) is 9.47 Å². The minimum atomic E-state index is -0.416. The van der Waals surface area contributed by atoms with Crippen molar-refractivity contribution in [2.24, 2.45) is 17.8 Å². The Morgan fingerprint density at radius 1 is 0.871 bits per heavy atom. The Morgan fingerprint density at radius 2 is 1.48 bits per heavy atom. The average molecular weight is 429 g/mol. The predicted molar refractivity (Wildman–Crippen MR) is 122 cm³/mol. The lowest BCUT2D eigenvalue weighted by atomic mass is 9.54. The van der Waals surface area contributed by atoms with Gasteiger partial charge in [0.1, 0.15) is 0 Å². The van der Waals surface area contributed by atoms with Gasteiger partial charge in [-0.05, 0) is 61.8 Å². The van der Waals surface area contributed by atoms with Crippen molar-refractivity contribution in [2.45, 2.75) is 56.8 Å². The third kappa shape index (κ3) is 5.69. The number of hydrogen-bond acceptors (Lipinski definition) is 5. The fraction of sp³-hybridized carbons (Fsp3) is 0.769. The molecule has 1 aromatic rings. The van der Waals surface area contributed by atoms with Gasteiger partial charge >= 0.3 is 0 Å². The van der Waals surface area contributed by atoms with Crippen molar-refractivity contribution in [1.29, 1.82) is 0 Å². The molecule has 4 saturated carbocycles. The minimum absolute atomic E-state index is 0.163. The van der Waals surface area contributed by atoms with Crippen molar-refractivity contribution < 1.29 is 14.6 Å². The number of benzene rings is 1. The molecule has 172 valence electrons. The van der Waals surface area contributed by atoms with Crippen molar-refractivity contribution in [3.63, 3.8) is 0 Å². The van der Waals surface area contributed by atoms with Crippen LogP contribution >= 0.6 is 0 Å². The largest absolute Gasteiger partial charge is 0.389 e. The molecule has 0 unspecified atom stereocenters. The van der Waals surface area contributed by atoms with E-state index in [0.717, 1.165) is 50.5 Å². The summed E-state index contributed by atoms with van der Waals surface area (Å²) in [5.41, 5.74) is 1.54. The molecule has 0 radical (unpaired) electrons. The Morgan fingerprint density at radius 3 is 2.13 bits per heavy atom. The molecule has 0 amide bonds. The molecule has 6 rings (SSSR count). The van der Waals surface area contributed by atoms with Crippen LogP contribution in [0.5, 0.6) is 0 Å². The Kier molecular flexibility index (Phi) is 6.96. The Balaban J connectivity index is 0.941. The average Bonchev–Trinajstić information content (AvgIpc) is 2.75. The van der Waals surface area contributed by atoms with Crippen LogP contribution < -0.4 is 0 Å². The number of aliphatic hydroxyl groups is 1. The molecule has 4 aliphatic carbocycles. The molecule has 5 heteroatoms. The van der Waals surface area contributed by atoms with Crippen LogP contribution in [-0.2, 0) is 16.0 Å². The molecule has 0 aromatic heterocycles. The van der Waals surface area contributed by atoms with E-state index in [2.05, 4.69) is 40.1 Å². The minimum Gasteiger partial charge on any atom is -0.389 e. The van der Waals surface area contributed by atoms with Crippen molar-refractivity contribution in [3.05, 3.63) is 35.9 Å². The number of hydrogen-bond donors (Lipinski definition) is 1. The molecule has 5 aliphatic rings. The summed E-state index contributed by atoms with van der Waals surface area (Å²) in [6.45, 7) is 7.55. The number of nitrogens with zero attached hydrogens (tertiary/aromatic N) is 2. The van der Waals surface area contributed by atoms with Crippen molar-refractivity contribution >= 4 is 0 Å². The van der Waals surface area contributed by atoms with Gasteiger partial charge < -0.3 is 14.6 Å². The summed E-state index contributed by atoms with van der Waals surface area (Å²) >= 11 is 0. The quantitative estimate of drug-likeness (QED) is 0.580. The zero-order valence-electron chi connectivity index (χ0n) is 19.0. The first-order chi connectivity index (χ1) is 15.2. The van der Waals surface area contributed by atoms with E-state index in [1.165, 1.54) is 44.1 Å². The molecular weight excluding hydrogens is 388 g/mol. The first-order valence-electron chi connectivity index (χ1n) is 12.5. The van der Waals surface area contributed by atoms with Gasteiger partial charge in [0.2, 0.25) is 0 Å². The number of β-amino-alcohol motifs (C(OH)–C–C–N with tert-alkyl or cyclic N) is 1. The van der Waals surface area contributed by atoms with Gasteiger partial charge in [-0.2, -0.15) is 0 Å². The second-order valence-electron chi connectivity index (χ2n) is 10.7. The topological polar surface area (TPSA) is 45.2 Å². The maximum Gasteiger partial charge on any atom is 0.0900 e. The highest BCUT2D eigenvalue weighted by molar-refractivity contribution is 5.14. The molecule has 1 aliphatic heterocycles. The van der Waals surface area contributed by atoms with Gasteiger partial charge in [-0.25, -0.2) is 0 Å². The highest BCUT2D eigenvalue weighted by atomic mass is 16.5. The van der Waals surface area contributed by atoms with Crippen LogP contribution in [0.1, 0.15) is 44.1 Å². The molecule has 1 saturated heterocycles. The van der Waals surface area contributed by atoms with Crippen LogP contribution in [0.3, 0.4) is 0 Å². The summed E-state index contributed by atoms with van der Waals surface area (Å²) in [6, 6.07) is 10.7. The van der Waals surface area contributed by atoms with Crippen molar-refractivity contribution in [2.75, 3.05) is 52.5 Å².